The molecular formula is C18H15FN6OS. The smallest absolute Gasteiger partial charge is 0.209 e. The van der Waals surface area contributed by atoms with Gasteiger partial charge in [-0.1, -0.05) is 24.3 Å². The van der Waals surface area contributed by atoms with Gasteiger partial charge in [0.1, 0.15) is 22.3 Å². The standard InChI is InChI=1S/C18H15FN6OS/c1-26-13-8-6-12(7-9-13)11-24-22-17(21-23-24)14-10-20-25(18(14)27)16-5-3-2-4-15(16)19/h2-10,27H,11H2,1H3. The zero-order valence-corrected chi connectivity index (χ0v) is 15.2. The summed E-state index contributed by atoms with van der Waals surface area (Å²) in [6.45, 7) is 0.459. The SMILES string of the molecule is COc1ccc(Cn2nnc(-c3cnn(-c4ccccc4F)c3S)n2)cc1. The molecule has 0 aliphatic heterocycles. The van der Waals surface area contributed by atoms with Crippen LogP contribution in [0.5, 0.6) is 5.75 Å². The Labute approximate surface area is 159 Å². The summed E-state index contributed by atoms with van der Waals surface area (Å²) in [6.07, 6.45) is 1.55. The molecule has 2 aromatic carbocycles. The number of benzene rings is 2. The summed E-state index contributed by atoms with van der Waals surface area (Å²) in [5.41, 5.74) is 1.88. The van der Waals surface area contributed by atoms with E-state index in [2.05, 4.69) is 33.1 Å². The summed E-state index contributed by atoms with van der Waals surface area (Å²) in [5.74, 6) is 0.765. The van der Waals surface area contributed by atoms with E-state index in [0.29, 0.717) is 28.6 Å². The van der Waals surface area contributed by atoms with Crippen molar-refractivity contribution in [1.29, 1.82) is 0 Å². The highest BCUT2D eigenvalue weighted by Gasteiger charge is 2.17. The van der Waals surface area contributed by atoms with Crippen LogP contribution in [0.4, 0.5) is 4.39 Å². The highest BCUT2D eigenvalue weighted by molar-refractivity contribution is 7.80. The molecule has 0 amide bonds. The highest BCUT2D eigenvalue weighted by atomic mass is 32.1. The minimum absolute atomic E-state index is 0.305. The zero-order valence-electron chi connectivity index (χ0n) is 14.3. The molecular weight excluding hydrogens is 367 g/mol. The molecule has 27 heavy (non-hydrogen) atoms. The van der Waals surface area contributed by atoms with Crippen molar-refractivity contribution in [2.45, 2.75) is 11.6 Å². The quantitative estimate of drug-likeness (QED) is 0.537. The molecule has 0 aliphatic rings. The van der Waals surface area contributed by atoms with Crippen molar-refractivity contribution in [3.63, 3.8) is 0 Å². The Hall–Kier alpha value is -3.20. The van der Waals surface area contributed by atoms with Crippen molar-refractivity contribution in [1.82, 2.24) is 30.0 Å². The average Bonchev–Trinajstić information content (AvgIpc) is 3.29. The first-order valence-electron chi connectivity index (χ1n) is 8.08. The fourth-order valence-corrected chi connectivity index (χ4v) is 2.93. The Kier molecular flexibility index (Phi) is 4.59. The molecule has 2 aromatic heterocycles. The third-order valence-electron chi connectivity index (χ3n) is 4.00. The second kappa shape index (κ2) is 7.20. The molecule has 0 radical (unpaired) electrons. The van der Waals surface area contributed by atoms with Crippen molar-refractivity contribution in [3.05, 3.63) is 66.1 Å². The molecule has 4 rings (SSSR count). The monoisotopic (exact) mass is 382 g/mol. The van der Waals surface area contributed by atoms with Crippen LogP contribution in [0.25, 0.3) is 17.1 Å². The molecule has 136 valence electrons. The maximum absolute atomic E-state index is 14.0. The molecule has 0 saturated heterocycles. The van der Waals surface area contributed by atoms with Crippen molar-refractivity contribution in [3.8, 4) is 22.8 Å². The first kappa shape index (κ1) is 17.2. The summed E-state index contributed by atoms with van der Waals surface area (Å²) in [6, 6.07) is 14.0. The maximum atomic E-state index is 14.0. The Morgan fingerprint density at radius 3 is 2.63 bits per heavy atom. The van der Waals surface area contributed by atoms with E-state index in [0.717, 1.165) is 11.3 Å². The number of nitrogens with zero attached hydrogens (tertiary/aromatic N) is 6. The lowest BCUT2D eigenvalue weighted by Crippen LogP contribution is -2.04. The minimum atomic E-state index is -0.390. The molecule has 0 saturated carbocycles. The summed E-state index contributed by atoms with van der Waals surface area (Å²) >= 11 is 4.47. The molecule has 2 heterocycles. The lowest BCUT2D eigenvalue weighted by Gasteiger charge is -2.04. The van der Waals surface area contributed by atoms with Crippen molar-refractivity contribution < 1.29 is 9.13 Å². The van der Waals surface area contributed by atoms with Crippen LogP contribution in [0.15, 0.2) is 59.8 Å². The number of tetrazole rings is 1. The second-order valence-corrected chi connectivity index (χ2v) is 6.16. The maximum Gasteiger partial charge on any atom is 0.209 e. The van der Waals surface area contributed by atoms with Crippen molar-refractivity contribution in [2.24, 2.45) is 0 Å². The van der Waals surface area contributed by atoms with Crippen LogP contribution in [0, 0.1) is 5.82 Å². The predicted molar refractivity (Wildman–Crippen MR) is 99.7 cm³/mol. The van der Waals surface area contributed by atoms with Gasteiger partial charge in [-0.15, -0.1) is 22.8 Å². The second-order valence-electron chi connectivity index (χ2n) is 5.74. The summed E-state index contributed by atoms with van der Waals surface area (Å²) in [5, 5.41) is 17.2. The summed E-state index contributed by atoms with van der Waals surface area (Å²) < 4.78 is 20.6. The van der Waals surface area contributed by atoms with E-state index in [9.17, 15) is 4.39 Å². The number of aromatic nitrogens is 6. The molecule has 0 N–H and O–H groups in total. The molecule has 0 spiro atoms. The number of para-hydroxylation sites is 1. The minimum Gasteiger partial charge on any atom is -0.497 e. The van der Waals surface area contributed by atoms with Gasteiger partial charge in [0.25, 0.3) is 0 Å². The molecule has 0 atom stereocenters. The van der Waals surface area contributed by atoms with E-state index in [1.807, 2.05) is 24.3 Å². The van der Waals surface area contributed by atoms with Crippen LogP contribution in [-0.4, -0.2) is 37.1 Å². The Balaban J connectivity index is 1.59. The zero-order chi connectivity index (χ0) is 18.8. The average molecular weight is 382 g/mol. The Morgan fingerprint density at radius 2 is 1.89 bits per heavy atom. The normalized spacial score (nSPS) is 10.9. The first-order chi connectivity index (χ1) is 13.2. The van der Waals surface area contributed by atoms with Crippen LogP contribution in [-0.2, 0) is 6.54 Å². The van der Waals surface area contributed by atoms with Gasteiger partial charge in [-0.25, -0.2) is 9.07 Å². The summed E-state index contributed by atoms with van der Waals surface area (Å²) in [4.78, 5) is 1.48. The third-order valence-corrected chi connectivity index (χ3v) is 4.43. The number of hydrogen-bond donors (Lipinski definition) is 1. The van der Waals surface area contributed by atoms with Crippen LogP contribution in [0.1, 0.15) is 5.56 Å². The fourth-order valence-electron chi connectivity index (χ4n) is 2.61. The van der Waals surface area contributed by atoms with E-state index in [-0.39, 0.29) is 0 Å². The van der Waals surface area contributed by atoms with Gasteiger partial charge in [0.2, 0.25) is 5.82 Å². The van der Waals surface area contributed by atoms with E-state index in [1.54, 1.807) is 31.5 Å². The van der Waals surface area contributed by atoms with Crippen LogP contribution < -0.4 is 4.74 Å². The van der Waals surface area contributed by atoms with Gasteiger partial charge in [0.15, 0.2) is 0 Å². The topological polar surface area (TPSA) is 70.7 Å². The Morgan fingerprint density at radius 1 is 1.11 bits per heavy atom. The lowest BCUT2D eigenvalue weighted by molar-refractivity contribution is 0.414. The molecule has 0 unspecified atom stereocenters. The van der Waals surface area contributed by atoms with Gasteiger partial charge in [0, 0.05) is 0 Å². The van der Waals surface area contributed by atoms with Crippen LogP contribution in [0.3, 0.4) is 0 Å². The van der Waals surface area contributed by atoms with Gasteiger partial charge in [-0.05, 0) is 35.0 Å². The number of rotatable bonds is 5. The highest BCUT2D eigenvalue weighted by Crippen LogP contribution is 2.26. The largest absolute Gasteiger partial charge is 0.497 e. The molecule has 0 fully saturated rings. The van der Waals surface area contributed by atoms with E-state index in [1.165, 1.54) is 15.5 Å². The number of ether oxygens (including phenoxy) is 1. The Bertz CT molecular complexity index is 1080. The number of methoxy groups -OCH3 is 1. The number of halogens is 1. The van der Waals surface area contributed by atoms with E-state index in [4.69, 9.17) is 4.74 Å². The van der Waals surface area contributed by atoms with E-state index >= 15 is 0 Å². The van der Waals surface area contributed by atoms with Crippen LogP contribution in [0.2, 0.25) is 0 Å². The molecule has 7 nitrogen and oxygen atoms in total. The van der Waals surface area contributed by atoms with Gasteiger partial charge >= 0.3 is 0 Å². The molecule has 0 aliphatic carbocycles. The van der Waals surface area contributed by atoms with Gasteiger partial charge in [0.05, 0.1) is 25.4 Å². The fraction of sp³-hybridized carbons (Fsp3) is 0.111. The summed E-state index contributed by atoms with van der Waals surface area (Å²) in [7, 11) is 1.62. The molecule has 4 aromatic rings. The molecule has 0 bridgehead atoms. The van der Waals surface area contributed by atoms with Crippen molar-refractivity contribution in [2.75, 3.05) is 7.11 Å². The first-order valence-corrected chi connectivity index (χ1v) is 8.53. The predicted octanol–water partition coefficient (Wildman–Crippen LogP) is 3.01. The van der Waals surface area contributed by atoms with Gasteiger partial charge in [-0.2, -0.15) is 9.90 Å². The third kappa shape index (κ3) is 3.41. The van der Waals surface area contributed by atoms with Gasteiger partial charge in [-0.3, -0.25) is 0 Å². The number of hydrogen-bond acceptors (Lipinski definition) is 6. The van der Waals surface area contributed by atoms with Crippen molar-refractivity contribution >= 4 is 12.6 Å². The van der Waals surface area contributed by atoms with E-state index < -0.39 is 5.82 Å². The van der Waals surface area contributed by atoms with Gasteiger partial charge < -0.3 is 4.74 Å². The molecule has 9 heteroatoms. The number of thiol groups is 1. The lowest BCUT2D eigenvalue weighted by atomic mass is 10.2. The van der Waals surface area contributed by atoms with Crippen LogP contribution >= 0.6 is 12.6 Å².